The number of benzene rings is 2. The maximum atomic E-state index is 13.8. The van der Waals surface area contributed by atoms with E-state index in [1.165, 1.54) is 22.0 Å². The van der Waals surface area contributed by atoms with Gasteiger partial charge < -0.3 is 14.2 Å². The van der Waals surface area contributed by atoms with E-state index in [9.17, 15) is 4.79 Å². The Morgan fingerprint density at radius 1 is 1.13 bits per heavy atom. The molecule has 0 aliphatic carbocycles. The molecule has 31 heavy (non-hydrogen) atoms. The lowest BCUT2D eigenvalue weighted by atomic mass is 9.85. The first-order valence-corrected chi connectivity index (χ1v) is 11.3. The molecule has 3 aromatic rings. The lowest BCUT2D eigenvalue weighted by Gasteiger charge is -2.33. The first-order chi connectivity index (χ1) is 15.1. The van der Waals surface area contributed by atoms with E-state index < -0.39 is 0 Å². The molecule has 2 aromatic carbocycles. The maximum Gasteiger partial charge on any atom is 0.243 e. The maximum absolute atomic E-state index is 13.8. The number of nitrogens with zero attached hydrogens (tertiary/aromatic N) is 3. The van der Waals surface area contributed by atoms with Gasteiger partial charge in [0.25, 0.3) is 0 Å². The minimum Gasteiger partial charge on any atom is -0.497 e. The fourth-order valence-corrected chi connectivity index (χ4v) is 6.60. The van der Waals surface area contributed by atoms with Crippen molar-refractivity contribution in [3.8, 4) is 5.75 Å². The topological polar surface area (TPSA) is 37.7 Å². The number of fused-ring (bicyclic) bond motifs is 1. The number of aromatic nitrogens is 1. The SMILES string of the molecule is COc1ccc(CN2C[C@@H]3C[C@@H](c4cn(C)c5ccccc45)N4CCC[C@@]34C2=O)cc1. The van der Waals surface area contributed by atoms with Crippen LogP contribution in [0.25, 0.3) is 10.9 Å². The number of likely N-dealkylation sites (tertiary alicyclic amines) is 1. The normalized spacial score (nSPS) is 27.8. The smallest absolute Gasteiger partial charge is 0.243 e. The number of para-hydroxylation sites is 1. The summed E-state index contributed by atoms with van der Waals surface area (Å²) in [4.78, 5) is 18.5. The molecule has 1 spiro atoms. The van der Waals surface area contributed by atoms with Crippen molar-refractivity contribution >= 4 is 16.8 Å². The lowest BCUT2D eigenvalue weighted by Crippen LogP contribution is -2.49. The number of hydrogen-bond donors (Lipinski definition) is 0. The zero-order valence-corrected chi connectivity index (χ0v) is 18.3. The first-order valence-electron chi connectivity index (χ1n) is 11.3. The highest BCUT2D eigenvalue weighted by Crippen LogP contribution is 2.56. The summed E-state index contributed by atoms with van der Waals surface area (Å²) >= 11 is 0. The zero-order valence-electron chi connectivity index (χ0n) is 18.3. The van der Waals surface area contributed by atoms with Crippen molar-refractivity contribution in [3.63, 3.8) is 0 Å². The summed E-state index contributed by atoms with van der Waals surface area (Å²) in [6.45, 7) is 2.57. The Morgan fingerprint density at radius 2 is 1.94 bits per heavy atom. The van der Waals surface area contributed by atoms with E-state index in [2.05, 4.69) is 64.0 Å². The van der Waals surface area contributed by atoms with Crippen LogP contribution in [-0.2, 0) is 18.4 Å². The van der Waals surface area contributed by atoms with Gasteiger partial charge in [-0.25, -0.2) is 0 Å². The van der Waals surface area contributed by atoms with Crippen LogP contribution in [-0.4, -0.2) is 46.0 Å². The van der Waals surface area contributed by atoms with E-state index in [-0.39, 0.29) is 5.54 Å². The Morgan fingerprint density at radius 3 is 2.74 bits per heavy atom. The Balaban J connectivity index is 1.31. The molecule has 1 amide bonds. The largest absolute Gasteiger partial charge is 0.497 e. The Labute approximate surface area is 183 Å². The standard InChI is InChI=1S/C26H29N3O2/c1-27-17-22(21-6-3-4-7-23(21)27)24-14-19-16-28(15-18-8-10-20(31-2)11-9-18)25(30)26(19)12-5-13-29(24)26/h3-4,6-11,17,19,24H,5,12-16H2,1-2H3/t19-,24-,26-/m0/s1. The van der Waals surface area contributed by atoms with Crippen LogP contribution in [0.3, 0.4) is 0 Å². The van der Waals surface area contributed by atoms with E-state index in [1.807, 2.05) is 12.1 Å². The number of ether oxygens (including phenoxy) is 1. The molecule has 6 rings (SSSR count). The Bertz CT molecular complexity index is 1150. The van der Waals surface area contributed by atoms with Gasteiger partial charge in [0.2, 0.25) is 5.91 Å². The van der Waals surface area contributed by atoms with Crippen LogP contribution in [0.15, 0.2) is 54.7 Å². The quantitative estimate of drug-likeness (QED) is 0.643. The number of carbonyl (C=O) groups excluding carboxylic acids is 1. The van der Waals surface area contributed by atoms with Gasteiger partial charge in [-0.1, -0.05) is 30.3 Å². The highest BCUT2D eigenvalue weighted by molar-refractivity contribution is 5.91. The average Bonchev–Trinajstić information content (AvgIpc) is 3.51. The monoisotopic (exact) mass is 415 g/mol. The molecule has 3 aliphatic heterocycles. The van der Waals surface area contributed by atoms with Gasteiger partial charge in [-0.3, -0.25) is 9.69 Å². The number of amides is 1. The number of rotatable bonds is 4. The van der Waals surface area contributed by atoms with E-state index in [1.54, 1.807) is 7.11 Å². The van der Waals surface area contributed by atoms with Crippen molar-refractivity contribution in [2.24, 2.45) is 13.0 Å². The summed E-state index contributed by atoms with van der Waals surface area (Å²) in [6.07, 6.45) is 5.47. The van der Waals surface area contributed by atoms with E-state index >= 15 is 0 Å². The molecule has 3 aliphatic rings. The summed E-state index contributed by atoms with van der Waals surface area (Å²) in [5.41, 5.74) is 3.54. The van der Waals surface area contributed by atoms with E-state index in [4.69, 9.17) is 4.74 Å². The van der Waals surface area contributed by atoms with Crippen molar-refractivity contribution < 1.29 is 9.53 Å². The zero-order chi connectivity index (χ0) is 21.2. The molecule has 5 heteroatoms. The van der Waals surface area contributed by atoms with Gasteiger partial charge in [-0.05, 0) is 55.1 Å². The highest BCUT2D eigenvalue weighted by atomic mass is 16.5. The number of carbonyl (C=O) groups is 1. The van der Waals surface area contributed by atoms with E-state index in [0.29, 0.717) is 24.4 Å². The van der Waals surface area contributed by atoms with Gasteiger partial charge in [-0.15, -0.1) is 0 Å². The minimum absolute atomic E-state index is 0.298. The molecule has 5 nitrogen and oxygen atoms in total. The van der Waals surface area contributed by atoms with Gasteiger partial charge >= 0.3 is 0 Å². The predicted octanol–water partition coefficient (Wildman–Crippen LogP) is 4.12. The van der Waals surface area contributed by atoms with Crippen LogP contribution >= 0.6 is 0 Å². The molecule has 1 aromatic heterocycles. The van der Waals surface area contributed by atoms with E-state index in [0.717, 1.165) is 38.1 Å². The van der Waals surface area contributed by atoms with Crippen molar-refractivity contribution in [1.29, 1.82) is 0 Å². The number of hydrogen-bond acceptors (Lipinski definition) is 3. The third-order valence-electron chi connectivity index (χ3n) is 7.95. The molecular weight excluding hydrogens is 386 g/mol. The second-order valence-electron chi connectivity index (χ2n) is 9.42. The van der Waals surface area contributed by atoms with Gasteiger partial charge in [-0.2, -0.15) is 0 Å². The van der Waals surface area contributed by atoms with Crippen LogP contribution in [0.1, 0.15) is 36.4 Å². The summed E-state index contributed by atoms with van der Waals surface area (Å²) in [5, 5.41) is 1.33. The second kappa shape index (κ2) is 6.86. The summed E-state index contributed by atoms with van der Waals surface area (Å²) < 4.78 is 7.51. The molecular formula is C26H29N3O2. The Hall–Kier alpha value is -2.79. The third kappa shape index (κ3) is 2.62. The van der Waals surface area contributed by atoms with Crippen molar-refractivity contribution in [2.75, 3.05) is 20.2 Å². The van der Waals surface area contributed by atoms with Crippen LogP contribution in [0.4, 0.5) is 0 Å². The second-order valence-corrected chi connectivity index (χ2v) is 9.42. The molecule has 3 saturated heterocycles. The van der Waals surface area contributed by atoms with Gasteiger partial charge in [0.15, 0.2) is 0 Å². The molecule has 3 fully saturated rings. The van der Waals surface area contributed by atoms with Gasteiger partial charge in [0, 0.05) is 49.2 Å². The van der Waals surface area contributed by atoms with Gasteiger partial charge in [0.1, 0.15) is 11.3 Å². The van der Waals surface area contributed by atoms with Crippen molar-refractivity contribution in [1.82, 2.24) is 14.4 Å². The fraction of sp³-hybridized carbons (Fsp3) is 0.423. The third-order valence-corrected chi connectivity index (χ3v) is 7.95. The first kappa shape index (κ1) is 18.9. The van der Waals surface area contributed by atoms with Crippen molar-refractivity contribution in [3.05, 3.63) is 65.9 Å². The summed E-state index contributed by atoms with van der Waals surface area (Å²) in [6, 6.07) is 17.1. The van der Waals surface area contributed by atoms with Crippen molar-refractivity contribution in [2.45, 2.75) is 37.4 Å². The van der Waals surface area contributed by atoms with Crippen LogP contribution in [0.2, 0.25) is 0 Å². The lowest BCUT2D eigenvalue weighted by molar-refractivity contribution is -0.137. The number of methoxy groups -OCH3 is 1. The predicted molar refractivity (Wildman–Crippen MR) is 121 cm³/mol. The average molecular weight is 416 g/mol. The summed E-state index contributed by atoms with van der Waals surface area (Å²) in [5.74, 6) is 1.60. The fourth-order valence-electron chi connectivity index (χ4n) is 6.60. The van der Waals surface area contributed by atoms with Crippen LogP contribution < -0.4 is 4.74 Å². The highest BCUT2D eigenvalue weighted by Gasteiger charge is 2.65. The summed E-state index contributed by atoms with van der Waals surface area (Å²) in [7, 11) is 3.81. The minimum atomic E-state index is -0.298. The molecule has 0 saturated carbocycles. The molecule has 0 N–H and O–H groups in total. The van der Waals surface area contributed by atoms with Crippen LogP contribution in [0, 0.1) is 5.92 Å². The molecule has 160 valence electrons. The Kier molecular flexibility index (Phi) is 4.19. The van der Waals surface area contributed by atoms with Gasteiger partial charge in [0.05, 0.1) is 7.11 Å². The molecule has 0 unspecified atom stereocenters. The molecule has 0 radical (unpaired) electrons. The van der Waals surface area contributed by atoms with Crippen LogP contribution in [0.5, 0.6) is 5.75 Å². The molecule has 4 heterocycles. The molecule has 0 bridgehead atoms. The molecule has 3 atom stereocenters. The number of aryl methyl sites for hydroxylation is 1.